The molecule has 0 aliphatic rings. The molecule has 1 rings (SSSR count). The van der Waals surface area contributed by atoms with Gasteiger partial charge in [-0.05, 0) is 68.8 Å². The number of aliphatic hydroxyl groups excluding tert-OH is 1. The van der Waals surface area contributed by atoms with Crippen LogP contribution < -0.4 is 20.1 Å². The molecule has 6 nitrogen and oxygen atoms in total. The van der Waals surface area contributed by atoms with E-state index in [1.807, 2.05) is 13.1 Å². The molecule has 0 amide bonds. The second kappa shape index (κ2) is 22.1. The SMILES string of the molecule is CCCCCNC.COCCCOc1cc(CC(CCC(O)CNC=S)C(C)C)ccc1OC. The summed E-state index contributed by atoms with van der Waals surface area (Å²) in [6.45, 7) is 9.65. The molecular weight excluding hydrogens is 448 g/mol. The smallest absolute Gasteiger partial charge is 0.161 e. The second-order valence-corrected chi connectivity index (χ2v) is 9.19. The molecule has 0 saturated heterocycles. The molecule has 7 heteroatoms. The zero-order chi connectivity index (χ0) is 25.6. The van der Waals surface area contributed by atoms with Gasteiger partial charge in [-0.1, -0.05) is 51.9 Å². The summed E-state index contributed by atoms with van der Waals surface area (Å²) in [6.07, 6.45) is 7.15. The van der Waals surface area contributed by atoms with Crippen LogP contribution in [-0.4, -0.2) is 64.3 Å². The standard InChI is InChI=1S/C21H35NO4S.C6H15N/c1-16(2)18(7-8-19(23)14-22-15-27)12-17-6-9-20(25-4)21(13-17)26-11-5-10-24-3;1-3-4-5-6-7-2/h6,9,13,15-16,18-19,23H,5,7-8,10-12,14H2,1-4H3,(H,22,27);7H,3-6H2,1-2H3. The van der Waals surface area contributed by atoms with Gasteiger partial charge in [0.1, 0.15) is 0 Å². The van der Waals surface area contributed by atoms with E-state index in [4.69, 9.17) is 26.4 Å². The molecule has 0 heterocycles. The van der Waals surface area contributed by atoms with Crippen LogP contribution in [0.5, 0.6) is 11.5 Å². The summed E-state index contributed by atoms with van der Waals surface area (Å²) in [4.78, 5) is 0. The molecule has 0 spiro atoms. The van der Waals surface area contributed by atoms with Crippen molar-refractivity contribution < 1.29 is 19.3 Å². The zero-order valence-electron chi connectivity index (χ0n) is 22.4. The average Bonchev–Trinajstić information content (AvgIpc) is 2.83. The van der Waals surface area contributed by atoms with Gasteiger partial charge in [0.25, 0.3) is 0 Å². The van der Waals surface area contributed by atoms with Crippen molar-refractivity contribution in [3.8, 4) is 11.5 Å². The van der Waals surface area contributed by atoms with Crippen LogP contribution in [0.15, 0.2) is 18.2 Å². The predicted octanol–water partition coefficient (Wildman–Crippen LogP) is 5.01. The quantitative estimate of drug-likeness (QED) is 0.183. The van der Waals surface area contributed by atoms with Crippen molar-refractivity contribution in [1.29, 1.82) is 0 Å². The minimum absolute atomic E-state index is 0.374. The molecule has 0 aliphatic carbocycles. The highest BCUT2D eigenvalue weighted by Gasteiger charge is 2.17. The minimum atomic E-state index is -0.374. The van der Waals surface area contributed by atoms with Gasteiger partial charge < -0.3 is 30.0 Å². The van der Waals surface area contributed by atoms with Gasteiger partial charge in [0.05, 0.1) is 25.3 Å². The lowest BCUT2D eigenvalue weighted by molar-refractivity contribution is 0.152. The summed E-state index contributed by atoms with van der Waals surface area (Å²) in [6, 6.07) is 6.14. The van der Waals surface area contributed by atoms with Crippen LogP contribution in [0.4, 0.5) is 0 Å². The van der Waals surface area contributed by atoms with Crippen molar-refractivity contribution in [3.63, 3.8) is 0 Å². The maximum Gasteiger partial charge on any atom is 0.161 e. The molecule has 0 radical (unpaired) electrons. The first-order chi connectivity index (χ1) is 16.4. The van der Waals surface area contributed by atoms with Crippen LogP contribution in [0.3, 0.4) is 0 Å². The Balaban J connectivity index is 0.00000135. The molecule has 2 atom stereocenters. The molecule has 198 valence electrons. The Hall–Kier alpha value is -1.41. The van der Waals surface area contributed by atoms with Crippen molar-refractivity contribution in [2.24, 2.45) is 11.8 Å². The maximum absolute atomic E-state index is 10.1. The largest absolute Gasteiger partial charge is 0.493 e. The number of ether oxygens (including phenoxy) is 3. The van der Waals surface area contributed by atoms with Crippen LogP contribution >= 0.6 is 12.2 Å². The van der Waals surface area contributed by atoms with E-state index in [0.29, 0.717) is 31.6 Å². The number of hydrogen-bond donors (Lipinski definition) is 3. The van der Waals surface area contributed by atoms with Crippen LogP contribution in [-0.2, 0) is 11.2 Å². The van der Waals surface area contributed by atoms with E-state index in [9.17, 15) is 5.11 Å². The molecular formula is C27H50N2O4S. The first kappa shape index (κ1) is 32.6. The fourth-order valence-electron chi connectivity index (χ4n) is 3.56. The van der Waals surface area contributed by atoms with Crippen molar-refractivity contribution >= 4 is 17.7 Å². The van der Waals surface area contributed by atoms with Crippen molar-refractivity contribution in [2.75, 3.05) is 47.6 Å². The van der Waals surface area contributed by atoms with Gasteiger partial charge in [-0.2, -0.15) is 0 Å². The third kappa shape index (κ3) is 16.3. The maximum atomic E-state index is 10.1. The first-order valence-corrected chi connectivity index (χ1v) is 13.2. The summed E-state index contributed by atoms with van der Waals surface area (Å²) in [5.74, 6) is 2.54. The summed E-state index contributed by atoms with van der Waals surface area (Å²) in [7, 11) is 5.34. The normalized spacial score (nSPS) is 12.5. The van der Waals surface area contributed by atoms with Gasteiger partial charge >= 0.3 is 0 Å². The van der Waals surface area contributed by atoms with Gasteiger partial charge in [0.15, 0.2) is 11.5 Å². The Kier molecular flexibility index (Phi) is 21.2. The van der Waals surface area contributed by atoms with E-state index in [0.717, 1.165) is 37.2 Å². The molecule has 0 aromatic heterocycles. The number of thiocarbonyl (C=S) groups is 1. The van der Waals surface area contributed by atoms with Crippen molar-refractivity contribution in [2.45, 2.75) is 71.8 Å². The Morgan fingerprint density at radius 3 is 2.41 bits per heavy atom. The fraction of sp³-hybridized carbons (Fsp3) is 0.741. The second-order valence-electron chi connectivity index (χ2n) is 8.96. The lowest BCUT2D eigenvalue weighted by atomic mass is 9.85. The molecule has 0 bridgehead atoms. The van der Waals surface area contributed by atoms with Gasteiger partial charge in [0.2, 0.25) is 0 Å². The van der Waals surface area contributed by atoms with Crippen molar-refractivity contribution in [3.05, 3.63) is 23.8 Å². The Morgan fingerprint density at radius 1 is 1.06 bits per heavy atom. The summed E-state index contributed by atoms with van der Waals surface area (Å²) in [5.41, 5.74) is 2.68. The molecule has 34 heavy (non-hydrogen) atoms. The minimum Gasteiger partial charge on any atom is -0.493 e. The first-order valence-electron chi connectivity index (χ1n) is 12.7. The van der Waals surface area contributed by atoms with Gasteiger partial charge in [-0.15, -0.1) is 0 Å². The lowest BCUT2D eigenvalue weighted by Crippen LogP contribution is -2.26. The third-order valence-electron chi connectivity index (χ3n) is 5.76. The van der Waals surface area contributed by atoms with Gasteiger partial charge in [-0.3, -0.25) is 0 Å². The fourth-order valence-corrected chi connectivity index (χ4v) is 3.66. The number of methoxy groups -OCH3 is 2. The average molecular weight is 499 g/mol. The van der Waals surface area contributed by atoms with Crippen LogP contribution in [0, 0.1) is 11.8 Å². The number of benzene rings is 1. The highest BCUT2D eigenvalue weighted by molar-refractivity contribution is 7.78. The predicted molar refractivity (Wildman–Crippen MR) is 147 cm³/mol. The number of hydrogen-bond acceptors (Lipinski definition) is 6. The third-order valence-corrected chi connectivity index (χ3v) is 5.92. The number of rotatable bonds is 19. The molecule has 0 fully saturated rings. The Labute approximate surface area is 214 Å². The van der Waals surface area contributed by atoms with Crippen LogP contribution in [0.2, 0.25) is 0 Å². The Morgan fingerprint density at radius 2 is 1.82 bits per heavy atom. The number of unbranched alkanes of at least 4 members (excludes halogenated alkanes) is 2. The molecule has 1 aromatic carbocycles. The summed E-state index contributed by atoms with van der Waals surface area (Å²) < 4.78 is 16.4. The summed E-state index contributed by atoms with van der Waals surface area (Å²) >= 11 is 4.74. The number of aliphatic hydroxyl groups is 1. The van der Waals surface area contributed by atoms with E-state index < -0.39 is 0 Å². The van der Waals surface area contributed by atoms with E-state index in [1.54, 1.807) is 14.2 Å². The lowest BCUT2D eigenvalue weighted by Gasteiger charge is -2.23. The molecule has 2 unspecified atom stereocenters. The van der Waals surface area contributed by atoms with Gasteiger partial charge in [0, 0.05) is 26.7 Å². The highest BCUT2D eigenvalue weighted by Crippen LogP contribution is 2.31. The molecule has 0 saturated carbocycles. The van der Waals surface area contributed by atoms with E-state index in [1.165, 1.54) is 36.9 Å². The monoisotopic (exact) mass is 498 g/mol. The molecule has 1 aromatic rings. The van der Waals surface area contributed by atoms with Crippen LogP contribution in [0.1, 0.15) is 64.9 Å². The molecule has 3 N–H and O–H groups in total. The Bertz CT molecular complexity index is 612. The van der Waals surface area contributed by atoms with E-state index in [-0.39, 0.29) is 6.10 Å². The van der Waals surface area contributed by atoms with Crippen LogP contribution in [0.25, 0.3) is 0 Å². The van der Waals surface area contributed by atoms with Crippen molar-refractivity contribution in [1.82, 2.24) is 10.6 Å². The topological polar surface area (TPSA) is 72.0 Å². The zero-order valence-corrected chi connectivity index (χ0v) is 23.2. The molecule has 0 aliphatic heterocycles. The van der Waals surface area contributed by atoms with Gasteiger partial charge in [-0.25, -0.2) is 0 Å². The number of nitrogens with one attached hydrogen (secondary N) is 2. The highest BCUT2D eigenvalue weighted by atomic mass is 32.1. The summed E-state index contributed by atoms with van der Waals surface area (Å²) in [5, 5.41) is 16.1. The van der Waals surface area contributed by atoms with E-state index in [2.05, 4.69) is 43.5 Å². The van der Waals surface area contributed by atoms with E-state index >= 15 is 0 Å².